The minimum Gasteiger partial charge on any atom is -0.318 e. The fourth-order valence-corrected chi connectivity index (χ4v) is 3.22. The van der Waals surface area contributed by atoms with E-state index in [0.29, 0.717) is 6.04 Å². The summed E-state index contributed by atoms with van der Waals surface area (Å²) < 4.78 is 0. The van der Waals surface area contributed by atoms with E-state index in [1.54, 1.807) is 0 Å². The molecule has 2 aromatic carbocycles. The predicted octanol–water partition coefficient (Wildman–Crippen LogP) is 3.02. The summed E-state index contributed by atoms with van der Waals surface area (Å²) in [7, 11) is 2.05. The first-order valence-electron chi connectivity index (χ1n) is 7.24. The van der Waals surface area contributed by atoms with Crippen molar-refractivity contribution >= 4 is 10.8 Å². The molecule has 2 aromatic rings. The number of benzene rings is 2. The van der Waals surface area contributed by atoms with E-state index in [0.717, 1.165) is 13.1 Å². The van der Waals surface area contributed by atoms with Crippen molar-refractivity contribution in [2.24, 2.45) is 0 Å². The van der Waals surface area contributed by atoms with Crippen molar-refractivity contribution in [2.75, 3.05) is 20.1 Å². The normalized spacial score (nSPS) is 20.2. The molecule has 1 fully saturated rings. The molecule has 3 rings (SSSR count). The van der Waals surface area contributed by atoms with Crippen molar-refractivity contribution in [3.63, 3.8) is 0 Å². The molecule has 0 radical (unpaired) electrons. The van der Waals surface area contributed by atoms with Gasteiger partial charge in [-0.1, -0.05) is 42.5 Å². The first-order valence-corrected chi connectivity index (χ1v) is 7.24. The first-order chi connectivity index (χ1) is 9.38. The van der Waals surface area contributed by atoms with Crippen LogP contribution in [0, 0.1) is 0 Å². The molecule has 1 aliphatic rings. The van der Waals surface area contributed by atoms with Gasteiger partial charge in [0.05, 0.1) is 0 Å². The van der Waals surface area contributed by atoms with Crippen molar-refractivity contribution < 1.29 is 0 Å². The number of hydrogen-bond acceptors (Lipinski definition) is 2. The van der Waals surface area contributed by atoms with E-state index in [2.05, 4.69) is 59.7 Å². The summed E-state index contributed by atoms with van der Waals surface area (Å²) in [5.41, 5.74) is 1.46. The molecule has 0 bridgehead atoms. The third-order valence-corrected chi connectivity index (χ3v) is 4.19. The van der Waals surface area contributed by atoms with Gasteiger partial charge in [0.2, 0.25) is 0 Å². The van der Waals surface area contributed by atoms with Gasteiger partial charge in [0.25, 0.3) is 0 Å². The molecular formula is C17H22N2. The maximum atomic E-state index is 3.32. The molecule has 0 aromatic heterocycles. The lowest BCUT2D eigenvalue weighted by Crippen LogP contribution is -2.36. The third kappa shape index (κ3) is 2.65. The number of hydrogen-bond donors (Lipinski definition) is 1. The van der Waals surface area contributed by atoms with Gasteiger partial charge in [0.15, 0.2) is 0 Å². The van der Waals surface area contributed by atoms with Crippen LogP contribution in [0.25, 0.3) is 10.8 Å². The fourth-order valence-electron chi connectivity index (χ4n) is 3.22. The van der Waals surface area contributed by atoms with Gasteiger partial charge in [-0.05, 0) is 42.8 Å². The molecule has 1 N–H and O–H groups in total. The molecule has 1 saturated heterocycles. The van der Waals surface area contributed by atoms with Gasteiger partial charge in [-0.3, -0.25) is 4.90 Å². The van der Waals surface area contributed by atoms with Crippen LogP contribution in [0.2, 0.25) is 0 Å². The Balaban J connectivity index is 1.85. The summed E-state index contributed by atoms with van der Waals surface area (Å²) >= 11 is 0. The Morgan fingerprint density at radius 2 is 2.00 bits per heavy atom. The first kappa shape index (κ1) is 12.6. The van der Waals surface area contributed by atoms with Crippen LogP contribution in [0.1, 0.15) is 18.4 Å². The minimum absolute atomic E-state index is 0.698. The number of rotatable bonds is 4. The highest BCUT2D eigenvalue weighted by molar-refractivity contribution is 5.85. The van der Waals surface area contributed by atoms with Crippen LogP contribution in [0.15, 0.2) is 42.5 Å². The highest BCUT2D eigenvalue weighted by atomic mass is 15.2. The van der Waals surface area contributed by atoms with Crippen LogP contribution in [-0.4, -0.2) is 31.1 Å². The fraction of sp³-hybridized carbons (Fsp3) is 0.412. The van der Waals surface area contributed by atoms with Crippen LogP contribution in [0.5, 0.6) is 0 Å². The standard InChI is InChI=1S/C17H22N2/c1-18-12-16-9-5-11-19(16)13-15-8-4-7-14-6-2-3-10-17(14)15/h2-4,6-8,10,16,18H,5,9,11-13H2,1H3. The second-order valence-corrected chi connectivity index (χ2v) is 5.46. The molecule has 1 unspecified atom stereocenters. The summed E-state index contributed by atoms with van der Waals surface area (Å²) in [4.78, 5) is 2.62. The second kappa shape index (κ2) is 5.72. The maximum Gasteiger partial charge on any atom is 0.0243 e. The number of nitrogens with one attached hydrogen (secondary N) is 1. The van der Waals surface area contributed by atoms with Crippen LogP contribution < -0.4 is 5.32 Å². The highest BCUT2D eigenvalue weighted by Crippen LogP contribution is 2.24. The Bertz CT molecular complexity index is 544. The van der Waals surface area contributed by atoms with Gasteiger partial charge in [-0.15, -0.1) is 0 Å². The van der Waals surface area contributed by atoms with Crippen molar-refractivity contribution in [3.8, 4) is 0 Å². The Hall–Kier alpha value is -1.38. The number of nitrogens with zero attached hydrogens (tertiary/aromatic N) is 1. The average Bonchev–Trinajstić information content (AvgIpc) is 2.87. The molecule has 2 nitrogen and oxygen atoms in total. The molecular weight excluding hydrogens is 232 g/mol. The quantitative estimate of drug-likeness (QED) is 0.902. The number of likely N-dealkylation sites (N-methyl/N-ethyl adjacent to an activating group) is 1. The molecule has 1 heterocycles. The molecule has 0 spiro atoms. The summed E-state index contributed by atoms with van der Waals surface area (Å²) in [5.74, 6) is 0. The van der Waals surface area contributed by atoms with Gasteiger partial charge in [0.1, 0.15) is 0 Å². The molecule has 1 aliphatic heterocycles. The predicted molar refractivity (Wildman–Crippen MR) is 81.3 cm³/mol. The zero-order valence-electron chi connectivity index (χ0n) is 11.6. The van der Waals surface area contributed by atoms with Crippen molar-refractivity contribution in [1.29, 1.82) is 0 Å². The van der Waals surface area contributed by atoms with E-state index in [9.17, 15) is 0 Å². The van der Waals surface area contributed by atoms with Crippen molar-refractivity contribution in [1.82, 2.24) is 10.2 Å². The molecule has 2 heteroatoms. The van der Waals surface area contributed by atoms with Gasteiger partial charge in [-0.2, -0.15) is 0 Å². The lowest BCUT2D eigenvalue weighted by molar-refractivity contribution is 0.243. The molecule has 19 heavy (non-hydrogen) atoms. The highest BCUT2D eigenvalue weighted by Gasteiger charge is 2.23. The Morgan fingerprint density at radius 1 is 1.16 bits per heavy atom. The molecule has 1 atom stereocenters. The van der Waals surface area contributed by atoms with Crippen molar-refractivity contribution in [3.05, 3.63) is 48.0 Å². The van der Waals surface area contributed by atoms with Gasteiger partial charge < -0.3 is 5.32 Å². The second-order valence-electron chi connectivity index (χ2n) is 5.46. The third-order valence-electron chi connectivity index (χ3n) is 4.19. The summed E-state index contributed by atoms with van der Waals surface area (Å²) in [6.07, 6.45) is 2.66. The molecule has 0 aliphatic carbocycles. The Morgan fingerprint density at radius 3 is 2.89 bits per heavy atom. The van der Waals surface area contributed by atoms with Crippen molar-refractivity contribution in [2.45, 2.75) is 25.4 Å². The van der Waals surface area contributed by atoms with Gasteiger partial charge in [-0.25, -0.2) is 0 Å². The number of likely N-dealkylation sites (tertiary alicyclic amines) is 1. The largest absolute Gasteiger partial charge is 0.318 e. The Kier molecular flexibility index (Phi) is 3.81. The van der Waals surface area contributed by atoms with Gasteiger partial charge >= 0.3 is 0 Å². The monoisotopic (exact) mass is 254 g/mol. The van der Waals surface area contributed by atoms with E-state index >= 15 is 0 Å². The lowest BCUT2D eigenvalue weighted by atomic mass is 10.0. The minimum atomic E-state index is 0.698. The van der Waals surface area contributed by atoms with E-state index < -0.39 is 0 Å². The summed E-state index contributed by atoms with van der Waals surface area (Å²) in [6.45, 7) is 3.41. The zero-order valence-corrected chi connectivity index (χ0v) is 11.6. The summed E-state index contributed by atoms with van der Waals surface area (Å²) in [5, 5.41) is 6.08. The SMILES string of the molecule is CNCC1CCCN1Cc1cccc2ccccc12. The van der Waals surface area contributed by atoms with E-state index in [-0.39, 0.29) is 0 Å². The Labute approximate surface area is 115 Å². The van der Waals surface area contributed by atoms with E-state index in [4.69, 9.17) is 0 Å². The maximum absolute atomic E-state index is 3.32. The molecule has 0 amide bonds. The zero-order chi connectivity index (χ0) is 13.1. The van der Waals surface area contributed by atoms with E-state index in [1.165, 1.54) is 35.7 Å². The van der Waals surface area contributed by atoms with Crippen LogP contribution in [0.4, 0.5) is 0 Å². The number of fused-ring (bicyclic) bond motifs is 1. The van der Waals surface area contributed by atoms with E-state index in [1.807, 2.05) is 0 Å². The average molecular weight is 254 g/mol. The lowest BCUT2D eigenvalue weighted by Gasteiger charge is -2.24. The van der Waals surface area contributed by atoms with Crippen LogP contribution in [0.3, 0.4) is 0 Å². The topological polar surface area (TPSA) is 15.3 Å². The van der Waals surface area contributed by atoms with Gasteiger partial charge in [0, 0.05) is 19.1 Å². The smallest absolute Gasteiger partial charge is 0.0243 e. The molecule has 100 valence electrons. The van der Waals surface area contributed by atoms with Crippen LogP contribution in [-0.2, 0) is 6.54 Å². The molecule has 0 saturated carbocycles. The van der Waals surface area contributed by atoms with Crippen LogP contribution >= 0.6 is 0 Å². The summed E-state index contributed by atoms with van der Waals surface area (Å²) in [6, 6.07) is 16.1.